The van der Waals surface area contributed by atoms with Crippen molar-refractivity contribution in [2.45, 2.75) is 37.8 Å². The Hall–Kier alpha value is -0.610. The average Bonchev–Trinajstić information content (AvgIpc) is 1.96. The van der Waals surface area contributed by atoms with Crippen molar-refractivity contribution in [3.63, 3.8) is 0 Å². The van der Waals surface area contributed by atoms with Gasteiger partial charge in [-0.3, -0.25) is 4.79 Å². The van der Waals surface area contributed by atoms with Crippen LogP contribution in [0.3, 0.4) is 0 Å². The lowest BCUT2D eigenvalue weighted by atomic mass is 9.77. The van der Waals surface area contributed by atoms with Crippen molar-refractivity contribution in [3.05, 3.63) is 0 Å². The van der Waals surface area contributed by atoms with Crippen molar-refractivity contribution < 1.29 is 9.90 Å². The zero-order valence-corrected chi connectivity index (χ0v) is 7.34. The molecule has 70 valence electrons. The number of rotatable bonds is 3. The summed E-state index contributed by atoms with van der Waals surface area (Å²) in [6.45, 7) is 1.66. The fraction of sp³-hybridized carbons (Fsp3) is 0.875. The summed E-state index contributed by atoms with van der Waals surface area (Å²) in [5.74, 6) is -0.177. The molecule has 0 aromatic rings. The van der Waals surface area contributed by atoms with E-state index in [1.54, 1.807) is 6.92 Å². The van der Waals surface area contributed by atoms with Crippen LogP contribution in [0.5, 0.6) is 0 Å². The first-order valence-electron chi connectivity index (χ1n) is 4.28. The van der Waals surface area contributed by atoms with Crippen LogP contribution in [-0.4, -0.2) is 29.2 Å². The summed E-state index contributed by atoms with van der Waals surface area (Å²) in [7, 11) is 0. The Bertz CT molecular complexity index is 170. The first-order chi connectivity index (χ1) is 5.59. The van der Waals surface area contributed by atoms with Crippen LogP contribution in [0.15, 0.2) is 0 Å². The molecular formula is C8H16N2O2. The summed E-state index contributed by atoms with van der Waals surface area (Å²) in [4.78, 5) is 11.2. The van der Waals surface area contributed by atoms with Gasteiger partial charge in [0.15, 0.2) is 0 Å². The number of aliphatic hydroxyl groups is 1. The number of nitrogens with one attached hydrogen (secondary N) is 1. The number of nitrogens with two attached hydrogens (primary N) is 1. The molecule has 0 spiro atoms. The van der Waals surface area contributed by atoms with Crippen molar-refractivity contribution in [1.82, 2.24) is 5.32 Å². The van der Waals surface area contributed by atoms with E-state index in [-0.39, 0.29) is 18.1 Å². The van der Waals surface area contributed by atoms with Gasteiger partial charge in [-0.25, -0.2) is 0 Å². The summed E-state index contributed by atoms with van der Waals surface area (Å²) < 4.78 is 0. The van der Waals surface area contributed by atoms with Gasteiger partial charge < -0.3 is 16.2 Å². The molecule has 4 nitrogen and oxygen atoms in total. The van der Waals surface area contributed by atoms with Gasteiger partial charge in [-0.1, -0.05) is 0 Å². The zero-order chi connectivity index (χ0) is 9.19. The summed E-state index contributed by atoms with van der Waals surface area (Å²) in [5.41, 5.74) is 5.03. The molecule has 1 aliphatic rings. The Balaban J connectivity index is 2.43. The molecule has 0 aliphatic heterocycles. The van der Waals surface area contributed by atoms with E-state index in [1.165, 1.54) is 0 Å². The molecule has 0 heterocycles. The fourth-order valence-corrected chi connectivity index (χ4v) is 1.30. The molecule has 0 unspecified atom stereocenters. The lowest BCUT2D eigenvalue weighted by molar-refractivity contribution is -0.125. The van der Waals surface area contributed by atoms with Crippen LogP contribution in [0.2, 0.25) is 0 Å². The van der Waals surface area contributed by atoms with Crippen LogP contribution in [-0.2, 0) is 4.79 Å². The molecule has 0 saturated heterocycles. The first kappa shape index (κ1) is 9.48. The lowest BCUT2D eigenvalue weighted by Crippen LogP contribution is -2.59. The van der Waals surface area contributed by atoms with Crippen molar-refractivity contribution in [1.29, 1.82) is 0 Å². The van der Waals surface area contributed by atoms with Gasteiger partial charge in [0.05, 0.1) is 18.2 Å². The third-order valence-corrected chi connectivity index (χ3v) is 2.42. The molecule has 1 fully saturated rings. The highest BCUT2D eigenvalue weighted by Crippen LogP contribution is 2.30. The summed E-state index contributed by atoms with van der Waals surface area (Å²) in [6, 6.07) is -0.492. The van der Waals surface area contributed by atoms with E-state index in [9.17, 15) is 4.79 Å². The number of hydrogen-bond acceptors (Lipinski definition) is 3. The summed E-state index contributed by atoms with van der Waals surface area (Å²) in [6.07, 6.45) is 2.80. The minimum atomic E-state index is -0.492. The van der Waals surface area contributed by atoms with Gasteiger partial charge in [0, 0.05) is 0 Å². The number of carbonyl (C=O) groups excluding carboxylic acids is 1. The quantitative estimate of drug-likeness (QED) is 0.530. The minimum Gasteiger partial charge on any atom is -0.394 e. The summed E-state index contributed by atoms with van der Waals surface area (Å²) in [5, 5.41) is 11.8. The van der Waals surface area contributed by atoms with Gasteiger partial charge in [-0.05, 0) is 26.2 Å². The first-order valence-corrected chi connectivity index (χ1v) is 4.28. The Labute approximate surface area is 72.1 Å². The van der Waals surface area contributed by atoms with E-state index in [1.807, 2.05) is 0 Å². The van der Waals surface area contributed by atoms with E-state index >= 15 is 0 Å². The highest BCUT2D eigenvalue weighted by Gasteiger charge is 2.37. The van der Waals surface area contributed by atoms with Gasteiger partial charge in [0.25, 0.3) is 0 Å². The second-order valence-electron chi connectivity index (χ2n) is 3.57. The van der Waals surface area contributed by atoms with E-state index in [0.717, 1.165) is 19.3 Å². The molecule has 1 amide bonds. The Morgan fingerprint density at radius 1 is 1.75 bits per heavy atom. The SMILES string of the molecule is C[C@@H](N)C(=O)NC1(CO)CCC1. The molecule has 0 radical (unpaired) electrons. The molecule has 0 aromatic carbocycles. The normalized spacial score (nSPS) is 22.6. The Morgan fingerprint density at radius 3 is 2.58 bits per heavy atom. The van der Waals surface area contributed by atoms with Gasteiger partial charge in [-0.15, -0.1) is 0 Å². The van der Waals surface area contributed by atoms with Crippen LogP contribution < -0.4 is 11.1 Å². The maximum atomic E-state index is 11.2. The van der Waals surface area contributed by atoms with Crippen LogP contribution >= 0.6 is 0 Å². The average molecular weight is 172 g/mol. The second kappa shape index (κ2) is 3.41. The molecule has 4 N–H and O–H groups in total. The monoisotopic (exact) mass is 172 g/mol. The third kappa shape index (κ3) is 1.76. The molecule has 0 aromatic heterocycles. The van der Waals surface area contributed by atoms with Crippen LogP contribution in [0.1, 0.15) is 26.2 Å². The van der Waals surface area contributed by atoms with Gasteiger partial charge >= 0.3 is 0 Å². The number of hydrogen-bond donors (Lipinski definition) is 3. The Kier molecular flexibility index (Phi) is 2.69. The van der Waals surface area contributed by atoms with Crippen molar-refractivity contribution in [3.8, 4) is 0 Å². The smallest absolute Gasteiger partial charge is 0.237 e. The zero-order valence-electron chi connectivity index (χ0n) is 7.34. The van der Waals surface area contributed by atoms with Gasteiger partial charge in [0.1, 0.15) is 0 Å². The highest BCUT2D eigenvalue weighted by molar-refractivity contribution is 5.81. The molecule has 1 saturated carbocycles. The number of aliphatic hydroxyl groups excluding tert-OH is 1. The molecule has 12 heavy (non-hydrogen) atoms. The standard InChI is InChI=1S/C8H16N2O2/c1-6(9)7(12)10-8(5-11)3-2-4-8/h6,11H,2-5,9H2,1H3,(H,10,12)/t6-/m1/s1. The molecule has 1 aliphatic carbocycles. The number of amides is 1. The maximum absolute atomic E-state index is 11.2. The van der Waals surface area contributed by atoms with E-state index in [4.69, 9.17) is 10.8 Å². The molecule has 1 atom stereocenters. The van der Waals surface area contributed by atoms with Crippen molar-refractivity contribution in [2.24, 2.45) is 5.73 Å². The van der Waals surface area contributed by atoms with E-state index < -0.39 is 6.04 Å². The highest BCUT2D eigenvalue weighted by atomic mass is 16.3. The van der Waals surface area contributed by atoms with Crippen LogP contribution in [0.4, 0.5) is 0 Å². The lowest BCUT2D eigenvalue weighted by Gasteiger charge is -2.41. The topological polar surface area (TPSA) is 75.4 Å². The molecule has 4 heteroatoms. The van der Waals surface area contributed by atoms with Crippen molar-refractivity contribution in [2.75, 3.05) is 6.61 Å². The maximum Gasteiger partial charge on any atom is 0.237 e. The van der Waals surface area contributed by atoms with Crippen LogP contribution in [0, 0.1) is 0 Å². The molecular weight excluding hydrogens is 156 g/mol. The minimum absolute atomic E-state index is 0.0193. The van der Waals surface area contributed by atoms with Crippen LogP contribution in [0.25, 0.3) is 0 Å². The fourth-order valence-electron chi connectivity index (χ4n) is 1.30. The summed E-state index contributed by atoms with van der Waals surface area (Å²) >= 11 is 0. The predicted octanol–water partition coefficient (Wildman–Crippen LogP) is -0.635. The van der Waals surface area contributed by atoms with Gasteiger partial charge in [0.2, 0.25) is 5.91 Å². The Morgan fingerprint density at radius 2 is 2.33 bits per heavy atom. The van der Waals surface area contributed by atoms with E-state index in [0.29, 0.717) is 0 Å². The second-order valence-corrected chi connectivity index (χ2v) is 3.57. The number of carbonyl (C=O) groups is 1. The van der Waals surface area contributed by atoms with Gasteiger partial charge in [-0.2, -0.15) is 0 Å². The van der Waals surface area contributed by atoms with Crippen molar-refractivity contribution >= 4 is 5.91 Å². The molecule has 1 rings (SSSR count). The molecule has 0 bridgehead atoms. The third-order valence-electron chi connectivity index (χ3n) is 2.42. The largest absolute Gasteiger partial charge is 0.394 e. The van der Waals surface area contributed by atoms with E-state index in [2.05, 4.69) is 5.32 Å². The predicted molar refractivity (Wildman–Crippen MR) is 45.5 cm³/mol.